The predicted molar refractivity (Wildman–Crippen MR) is 159 cm³/mol. The molecule has 230 valence electrons. The number of pyridine rings is 1. The quantitative estimate of drug-likeness (QED) is 0.286. The van der Waals surface area contributed by atoms with E-state index in [-0.39, 0.29) is 42.7 Å². The summed E-state index contributed by atoms with van der Waals surface area (Å²) in [6, 6.07) is 7.25. The normalized spacial score (nSPS) is 21.6. The molecule has 0 bridgehead atoms. The number of rotatable bonds is 11. The third-order valence-corrected chi connectivity index (χ3v) is 12.2. The average molecular weight is 620 g/mol. The lowest BCUT2D eigenvalue weighted by atomic mass is 9.92. The second-order valence-corrected chi connectivity index (χ2v) is 14.7. The summed E-state index contributed by atoms with van der Waals surface area (Å²) in [4.78, 5) is 40.6. The second kappa shape index (κ2) is 13.9. The molecule has 1 amide bonds. The molecule has 0 saturated carbocycles. The van der Waals surface area contributed by atoms with Crippen LogP contribution in [-0.2, 0) is 35.4 Å². The Morgan fingerprint density at radius 1 is 1.10 bits per heavy atom. The van der Waals surface area contributed by atoms with Crippen LogP contribution in [0.3, 0.4) is 0 Å². The molecule has 1 atom stereocenters. The molecule has 10 nitrogen and oxygen atoms in total. The van der Waals surface area contributed by atoms with E-state index in [2.05, 4.69) is 28.4 Å². The van der Waals surface area contributed by atoms with Crippen LogP contribution in [0.4, 0.5) is 5.82 Å². The fourth-order valence-electron chi connectivity index (χ4n) is 5.85. The highest BCUT2D eigenvalue weighted by Gasteiger charge is 2.53. The highest BCUT2D eigenvalue weighted by molar-refractivity contribution is 7.93. The molecular formula is C30H41N3O7S2. The number of thiophene rings is 1. The van der Waals surface area contributed by atoms with E-state index in [4.69, 9.17) is 14.3 Å². The van der Waals surface area contributed by atoms with Gasteiger partial charge in [0.25, 0.3) is 5.91 Å². The number of anilines is 1. The minimum Gasteiger partial charge on any atom is -0.381 e. The Hall–Kier alpha value is -2.38. The number of aryl methyl sites for hydroxylation is 1. The van der Waals surface area contributed by atoms with Gasteiger partial charge in [-0.05, 0) is 75.6 Å². The fraction of sp³-hybridized carbons (Fsp3) is 0.633. The number of aromatic nitrogens is 1. The van der Waals surface area contributed by atoms with Gasteiger partial charge in [-0.1, -0.05) is 13.3 Å². The van der Waals surface area contributed by atoms with Gasteiger partial charge in [-0.25, -0.2) is 23.7 Å². The van der Waals surface area contributed by atoms with Crippen molar-refractivity contribution in [2.75, 3.05) is 37.8 Å². The molecule has 0 radical (unpaired) electrons. The molecule has 3 aliphatic heterocycles. The molecule has 1 unspecified atom stereocenters. The molecule has 3 saturated heterocycles. The van der Waals surface area contributed by atoms with E-state index >= 15 is 0 Å². The van der Waals surface area contributed by atoms with E-state index in [0.717, 1.165) is 49.8 Å². The summed E-state index contributed by atoms with van der Waals surface area (Å²) in [6.07, 6.45) is 7.98. The van der Waals surface area contributed by atoms with Crippen LogP contribution in [0, 0.1) is 5.92 Å². The van der Waals surface area contributed by atoms with E-state index in [1.807, 2.05) is 6.07 Å². The summed E-state index contributed by atoms with van der Waals surface area (Å²) in [6.45, 7) is 4.33. The highest BCUT2D eigenvalue weighted by Crippen LogP contribution is 2.36. The Kier molecular flexibility index (Phi) is 10.3. The molecule has 0 aromatic carbocycles. The van der Waals surface area contributed by atoms with Crippen molar-refractivity contribution < 1.29 is 32.3 Å². The fourth-order valence-corrected chi connectivity index (χ4v) is 8.80. The zero-order chi connectivity index (χ0) is 29.6. The monoisotopic (exact) mass is 619 g/mol. The number of carbonyl (C=O) groups is 2. The number of nitrogens with zero attached hydrogens (tertiary/aromatic N) is 2. The first-order chi connectivity index (χ1) is 20.3. The van der Waals surface area contributed by atoms with Crippen LogP contribution in [-0.4, -0.2) is 69.0 Å². The molecule has 2 aromatic heterocycles. The van der Waals surface area contributed by atoms with Gasteiger partial charge >= 0.3 is 0 Å². The number of carbonyl (C=O) groups excluding carboxylic acids is 2. The minimum atomic E-state index is -4.12. The first kappa shape index (κ1) is 31.1. The van der Waals surface area contributed by atoms with E-state index < -0.39 is 26.8 Å². The number of sulfone groups is 1. The topological polar surface area (TPSA) is 124 Å². The van der Waals surface area contributed by atoms with Crippen molar-refractivity contribution in [3.8, 4) is 0 Å². The maximum Gasteiger partial charge on any atom is 0.265 e. The minimum absolute atomic E-state index is 0.0150. The highest BCUT2D eigenvalue weighted by atomic mass is 32.2. The van der Waals surface area contributed by atoms with Gasteiger partial charge in [0.05, 0.1) is 9.77 Å². The zero-order valence-corrected chi connectivity index (χ0v) is 25.8. The second-order valence-electron chi connectivity index (χ2n) is 11.3. The number of ether oxygens (including phenoxy) is 2. The lowest BCUT2D eigenvalue weighted by Crippen LogP contribution is -2.56. The Balaban J connectivity index is 1.22. The van der Waals surface area contributed by atoms with E-state index in [1.54, 1.807) is 17.4 Å². The molecular weight excluding hydrogens is 578 g/mol. The molecule has 5 heterocycles. The van der Waals surface area contributed by atoms with Crippen molar-refractivity contribution in [1.29, 1.82) is 0 Å². The van der Waals surface area contributed by atoms with Gasteiger partial charge in [-0.3, -0.25) is 9.59 Å². The third kappa shape index (κ3) is 6.72. The van der Waals surface area contributed by atoms with Crippen LogP contribution < -0.4 is 10.4 Å². The van der Waals surface area contributed by atoms with Gasteiger partial charge < -0.3 is 14.4 Å². The van der Waals surface area contributed by atoms with Crippen LogP contribution >= 0.6 is 11.3 Å². The summed E-state index contributed by atoms with van der Waals surface area (Å²) in [7, 11) is -4.12. The number of piperidine rings is 1. The summed E-state index contributed by atoms with van der Waals surface area (Å²) in [5, 5.41) is 0. The molecule has 42 heavy (non-hydrogen) atoms. The maximum absolute atomic E-state index is 13.9. The molecule has 1 N–H and O–H groups in total. The zero-order valence-electron chi connectivity index (χ0n) is 24.2. The van der Waals surface area contributed by atoms with Gasteiger partial charge in [0.15, 0.2) is 26.7 Å². The van der Waals surface area contributed by atoms with E-state index in [0.29, 0.717) is 31.9 Å². The maximum atomic E-state index is 13.9. The van der Waals surface area contributed by atoms with Crippen LogP contribution in [0.2, 0.25) is 0 Å². The van der Waals surface area contributed by atoms with Crippen molar-refractivity contribution in [2.45, 2.75) is 87.1 Å². The molecule has 2 aromatic rings. The Labute approximate surface area is 252 Å². The van der Waals surface area contributed by atoms with Gasteiger partial charge in [-0.15, -0.1) is 11.3 Å². The van der Waals surface area contributed by atoms with Crippen molar-refractivity contribution in [3.05, 3.63) is 40.2 Å². The van der Waals surface area contributed by atoms with Gasteiger partial charge in [0, 0.05) is 56.3 Å². The van der Waals surface area contributed by atoms with Crippen LogP contribution in [0.1, 0.15) is 79.3 Å². The lowest BCUT2D eigenvalue weighted by molar-refractivity contribution is -0.202. The molecule has 12 heteroatoms. The van der Waals surface area contributed by atoms with E-state index in [9.17, 15) is 18.0 Å². The Morgan fingerprint density at radius 3 is 2.55 bits per heavy atom. The number of unbranched alkanes of at least 4 members (excludes halogenated alkanes) is 1. The smallest absolute Gasteiger partial charge is 0.265 e. The summed E-state index contributed by atoms with van der Waals surface area (Å²) in [5.74, 6) is 0.141. The number of Topliss-reactive ketones (excluding diaryl/α,β-unsaturated/α-hetero) is 1. The van der Waals surface area contributed by atoms with E-state index in [1.165, 1.54) is 17.1 Å². The SMILES string of the molecule is CCCCc1ccc(C(=O)C2CCN(c3ccc(S(=O)(=O)C4(C(=O)NOC5CCCCO5)CCOCC4)cn3)CC2)s1. The first-order valence-electron chi connectivity index (χ1n) is 15.1. The number of nitrogens with one attached hydrogen (secondary N) is 1. The summed E-state index contributed by atoms with van der Waals surface area (Å²) >= 11 is 1.62. The summed E-state index contributed by atoms with van der Waals surface area (Å²) in [5.41, 5.74) is 2.38. The number of hydrogen-bond acceptors (Lipinski definition) is 10. The molecule has 5 rings (SSSR count). The van der Waals surface area contributed by atoms with Gasteiger partial charge in [0.1, 0.15) is 5.82 Å². The largest absolute Gasteiger partial charge is 0.381 e. The lowest BCUT2D eigenvalue weighted by Gasteiger charge is -2.35. The predicted octanol–water partition coefficient (Wildman–Crippen LogP) is 4.48. The van der Waals surface area contributed by atoms with Crippen LogP contribution in [0.5, 0.6) is 0 Å². The summed E-state index contributed by atoms with van der Waals surface area (Å²) < 4.78 is 37.0. The van der Waals surface area contributed by atoms with Gasteiger partial charge in [-0.2, -0.15) is 0 Å². The van der Waals surface area contributed by atoms with Crippen molar-refractivity contribution in [1.82, 2.24) is 10.5 Å². The number of amides is 1. The van der Waals surface area contributed by atoms with Crippen molar-refractivity contribution in [3.63, 3.8) is 0 Å². The molecule has 0 spiro atoms. The standard InChI is InChI=1S/C30H41N3O7S2/c1-2-3-6-23-8-10-25(41-23)28(34)22-12-16-33(17-13-22)26-11-9-24(21-31-26)42(36,37)30(14-19-38-20-15-30)29(35)32-40-27-7-4-5-18-39-27/h8-11,21-22,27H,2-7,12-20H2,1H3,(H,32,35). The Bertz CT molecular complexity index is 1310. The molecule has 3 aliphatic rings. The first-order valence-corrected chi connectivity index (χ1v) is 17.4. The number of ketones is 1. The Morgan fingerprint density at radius 2 is 1.88 bits per heavy atom. The van der Waals surface area contributed by atoms with Crippen molar-refractivity contribution in [2.24, 2.45) is 5.92 Å². The molecule has 3 fully saturated rings. The third-order valence-electron chi connectivity index (χ3n) is 8.55. The molecule has 0 aliphatic carbocycles. The van der Waals surface area contributed by atoms with Gasteiger partial charge in [0.2, 0.25) is 0 Å². The number of hydrogen-bond donors (Lipinski definition) is 1. The van der Waals surface area contributed by atoms with Crippen LogP contribution in [0.25, 0.3) is 0 Å². The van der Waals surface area contributed by atoms with Crippen molar-refractivity contribution >= 4 is 38.7 Å². The average Bonchev–Trinajstić information content (AvgIpc) is 3.52. The number of hydroxylamine groups is 1. The van der Waals surface area contributed by atoms with Crippen LogP contribution in [0.15, 0.2) is 35.4 Å².